The minimum absolute atomic E-state index is 0.312. The molecule has 19 heavy (non-hydrogen) atoms. The van der Waals surface area contributed by atoms with Crippen molar-refractivity contribution in [2.75, 3.05) is 44.1 Å². The second kappa shape index (κ2) is 5.28. The van der Waals surface area contributed by atoms with Crippen molar-refractivity contribution in [2.45, 2.75) is 18.6 Å². The van der Waals surface area contributed by atoms with Gasteiger partial charge in [0.25, 0.3) is 0 Å². The van der Waals surface area contributed by atoms with E-state index >= 15 is 0 Å². The largest absolute Gasteiger partial charge is 0.347 e. The van der Waals surface area contributed by atoms with Crippen molar-refractivity contribution in [1.82, 2.24) is 4.31 Å². The highest BCUT2D eigenvalue weighted by Gasteiger charge is 2.42. The van der Waals surface area contributed by atoms with E-state index in [0.29, 0.717) is 39.1 Å². The summed E-state index contributed by atoms with van der Waals surface area (Å²) in [4.78, 5) is 0. The Morgan fingerprint density at radius 1 is 1.00 bits per heavy atom. The maximum atomic E-state index is 12.0. The van der Waals surface area contributed by atoms with E-state index in [9.17, 15) is 16.8 Å². The molecule has 2 fully saturated rings. The van der Waals surface area contributed by atoms with Crippen LogP contribution in [0.5, 0.6) is 0 Å². The van der Waals surface area contributed by atoms with Crippen molar-refractivity contribution in [3.63, 3.8) is 0 Å². The smallest absolute Gasteiger partial charge is 0.215 e. The lowest BCUT2D eigenvalue weighted by atomic mass is 10.1. The fourth-order valence-electron chi connectivity index (χ4n) is 2.28. The van der Waals surface area contributed by atoms with Crippen LogP contribution in [0, 0.1) is 0 Å². The van der Waals surface area contributed by atoms with Crippen molar-refractivity contribution < 1.29 is 26.3 Å². The second-order valence-electron chi connectivity index (χ2n) is 4.95. The normalized spacial score (nSPS) is 24.9. The zero-order chi connectivity index (χ0) is 14.1. The van der Waals surface area contributed by atoms with Crippen molar-refractivity contribution in [1.29, 1.82) is 0 Å². The lowest BCUT2D eigenvalue weighted by Gasteiger charge is -2.36. The molecule has 0 unspecified atom stereocenters. The molecule has 0 radical (unpaired) electrons. The summed E-state index contributed by atoms with van der Waals surface area (Å²) in [6, 6.07) is 0. The second-order valence-corrected chi connectivity index (χ2v) is 9.30. The van der Waals surface area contributed by atoms with Crippen LogP contribution in [0.15, 0.2) is 0 Å². The summed E-state index contributed by atoms with van der Waals surface area (Å²) in [6.07, 6.45) is 2.02. The van der Waals surface area contributed by atoms with E-state index in [1.807, 2.05) is 0 Å². The molecule has 0 aromatic carbocycles. The number of ether oxygens (including phenoxy) is 2. The van der Waals surface area contributed by atoms with E-state index in [4.69, 9.17) is 9.47 Å². The van der Waals surface area contributed by atoms with E-state index in [1.54, 1.807) is 0 Å². The van der Waals surface area contributed by atoms with Crippen molar-refractivity contribution >= 4 is 19.9 Å². The molecular weight excluding hydrogens is 294 g/mol. The molecule has 2 aliphatic heterocycles. The van der Waals surface area contributed by atoms with Gasteiger partial charge in [-0.3, -0.25) is 0 Å². The summed E-state index contributed by atoms with van der Waals surface area (Å²) < 4.78 is 58.5. The molecule has 2 rings (SSSR count). The zero-order valence-electron chi connectivity index (χ0n) is 10.9. The van der Waals surface area contributed by atoms with Crippen LogP contribution in [-0.4, -0.2) is 71.0 Å². The molecule has 2 heterocycles. The van der Waals surface area contributed by atoms with Crippen LogP contribution >= 0.6 is 0 Å². The molecule has 0 aromatic heterocycles. The van der Waals surface area contributed by atoms with Gasteiger partial charge in [0.2, 0.25) is 10.0 Å². The number of sulfone groups is 1. The maximum absolute atomic E-state index is 12.0. The highest BCUT2D eigenvalue weighted by atomic mass is 32.2. The topological polar surface area (TPSA) is 90.0 Å². The van der Waals surface area contributed by atoms with Gasteiger partial charge in [0.15, 0.2) is 5.79 Å². The molecule has 0 bridgehead atoms. The molecule has 0 aliphatic carbocycles. The average Bonchev–Trinajstić information content (AvgIpc) is 2.75. The molecule has 0 saturated carbocycles. The molecule has 0 amide bonds. The molecule has 9 heteroatoms. The zero-order valence-corrected chi connectivity index (χ0v) is 12.5. The van der Waals surface area contributed by atoms with Crippen LogP contribution in [0.25, 0.3) is 0 Å². The number of piperidine rings is 1. The Hall–Kier alpha value is -0.220. The molecule has 0 N–H and O–H groups in total. The summed E-state index contributed by atoms with van der Waals surface area (Å²) in [5.74, 6) is -1.33. The molecule has 2 saturated heterocycles. The third-order valence-corrected chi connectivity index (χ3v) is 6.48. The van der Waals surface area contributed by atoms with Gasteiger partial charge in [-0.05, 0) is 0 Å². The molecule has 1 spiro atoms. The molecule has 0 aromatic rings. The fourth-order valence-corrected chi connectivity index (χ4v) is 5.33. The van der Waals surface area contributed by atoms with Gasteiger partial charge in [-0.2, -0.15) is 0 Å². The Balaban J connectivity index is 1.93. The van der Waals surface area contributed by atoms with Crippen LogP contribution in [0.1, 0.15) is 12.8 Å². The molecule has 2 aliphatic rings. The number of hydrogen-bond acceptors (Lipinski definition) is 6. The van der Waals surface area contributed by atoms with Crippen molar-refractivity contribution in [2.24, 2.45) is 0 Å². The molecule has 7 nitrogen and oxygen atoms in total. The van der Waals surface area contributed by atoms with Crippen molar-refractivity contribution in [3.8, 4) is 0 Å². The number of sulfonamides is 1. The summed E-state index contributed by atoms with van der Waals surface area (Å²) in [7, 11) is -6.79. The van der Waals surface area contributed by atoms with Gasteiger partial charge in [-0.25, -0.2) is 21.1 Å². The van der Waals surface area contributed by atoms with E-state index < -0.39 is 25.6 Å². The highest BCUT2D eigenvalue weighted by Crippen LogP contribution is 2.32. The van der Waals surface area contributed by atoms with Gasteiger partial charge in [-0.1, -0.05) is 0 Å². The minimum atomic E-state index is -3.52. The monoisotopic (exact) mass is 313 g/mol. The Morgan fingerprint density at radius 2 is 1.53 bits per heavy atom. The maximum Gasteiger partial charge on any atom is 0.215 e. The van der Waals surface area contributed by atoms with Crippen LogP contribution in [0.3, 0.4) is 0 Å². The van der Waals surface area contributed by atoms with E-state index in [1.165, 1.54) is 4.31 Å². The molecular formula is C10H19NO6S2. The number of rotatable bonds is 4. The predicted molar refractivity (Wildman–Crippen MR) is 68.9 cm³/mol. The third-order valence-electron chi connectivity index (χ3n) is 3.40. The first-order valence-electron chi connectivity index (χ1n) is 6.16. The lowest BCUT2D eigenvalue weighted by Crippen LogP contribution is -2.48. The predicted octanol–water partition coefficient (Wildman–Crippen LogP) is -0.800. The van der Waals surface area contributed by atoms with E-state index in [2.05, 4.69) is 0 Å². The summed E-state index contributed by atoms with van der Waals surface area (Å²) >= 11 is 0. The first-order valence-corrected chi connectivity index (χ1v) is 9.83. The van der Waals surface area contributed by atoms with Gasteiger partial charge in [0.1, 0.15) is 9.84 Å². The summed E-state index contributed by atoms with van der Waals surface area (Å²) in [5, 5.41) is 0. The van der Waals surface area contributed by atoms with Gasteiger partial charge in [0.05, 0.1) is 24.7 Å². The Kier molecular flexibility index (Phi) is 4.22. The molecule has 0 atom stereocenters. The first-order chi connectivity index (χ1) is 8.73. The Labute approximate surface area is 113 Å². The first kappa shape index (κ1) is 15.2. The quantitative estimate of drug-likeness (QED) is 0.675. The fraction of sp³-hybridized carbons (Fsp3) is 1.00. The standard InChI is InChI=1S/C10H19NO6S2/c1-18(12,13)8-9-19(14,15)11-4-2-10(3-5-11)16-6-7-17-10/h2-9H2,1H3. The molecule has 112 valence electrons. The number of hydrogen-bond donors (Lipinski definition) is 0. The van der Waals surface area contributed by atoms with Crippen molar-refractivity contribution in [3.05, 3.63) is 0 Å². The SMILES string of the molecule is CS(=O)(=O)CCS(=O)(=O)N1CCC2(CC1)OCCO2. The van der Waals surface area contributed by atoms with Gasteiger partial charge >= 0.3 is 0 Å². The van der Waals surface area contributed by atoms with Gasteiger partial charge < -0.3 is 9.47 Å². The third kappa shape index (κ3) is 3.88. The van der Waals surface area contributed by atoms with Gasteiger partial charge in [-0.15, -0.1) is 0 Å². The summed E-state index contributed by atoms with van der Waals surface area (Å²) in [5.41, 5.74) is 0. The Morgan fingerprint density at radius 3 is 2.00 bits per heavy atom. The Bertz CT molecular complexity index is 510. The minimum Gasteiger partial charge on any atom is -0.347 e. The van der Waals surface area contributed by atoms with Crippen LogP contribution in [-0.2, 0) is 29.3 Å². The highest BCUT2D eigenvalue weighted by molar-refractivity contribution is 7.93. The van der Waals surface area contributed by atoms with Crippen LogP contribution < -0.4 is 0 Å². The summed E-state index contributed by atoms with van der Waals surface area (Å²) in [6.45, 7) is 1.71. The van der Waals surface area contributed by atoms with Gasteiger partial charge in [0, 0.05) is 32.2 Å². The van der Waals surface area contributed by atoms with Crippen LogP contribution in [0.4, 0.5) is 0 Å². The van der Waals surface area contributed by atoms with Crippen LogP contribution in [0.2, 0.25) is 0 Å². The lowest BCUT2D eigenvalue weighted by molar-refractivity contribution is -0.179. The van der Waals surface area contributed by atoms with E-state index in [0.717, 1.165) is 6.26 Å². The number of nitrogens with zero attached hydrogens (tertiary/aromatic N) is 1. The average molecular weight is 313 g/mol. The van der Waals surface area contributed by atoms with E-state index in [-0.39, 0.29) is 11.5 Å².